The van der Waals surface area contributed by atoms with E-state index < -0.39 is 114 Å². The average Bonchev–Trinajstić information content (AvgIpc) is 3.15. The highest BCUT2D eigenvalue weighted by molar-refractivity contribution is 5.76. The van der Waals surface area contributed by atoms with Crippen molar-refractivity contribution in [1.29, 1.82) is 0 Å². The molecule has 0 aromatic carbocycles. The van der Waals surface area contributed by atoms with Gasteiger partial charge in [0.15, 0.2) is 18.7 Å². The summed E-state index contributed by atoms with van der Waals surface area (Å²) in [5.74, 6) is -2.53. The number of aliphatic hydroxyl groups is 8. The van der Waals surface area contributed by atoms with E-state index in [2.05, 4.69) is 26.8 Å². The Kier molecular flexibility index (Phi) is 11.4. The topological polar surface area (TPSA) is 273 Å². The van der Waals surface area contributed by atoms with Gasteiger partial charge in [-0.1, -0.05) is 53.2 Å². The molecule has 5 aliphatic carbocycles. The molecule has 7 aliphatic rings. The second kappa shape index (κ2) is 14.9. The van der Waals surface area contributed by atoms with E-state index in [1.165, 1.54) is 0 Å². The molecule has 20 unspecified atom stereocenters. The van der Waals surface area contributed by atoms with Crippen LogP contribution >= 0.6 is 0 Å². The monoisotopic (exact) mass is 826 g/mol. The van der Waals surface area contributed by atoms with Crippen LogP contribution in [0.2, 0.25) is 0 Å². The Balaban J connectivity index is 1.15. The summed E-state index contributed by atoms with van der Waals surface area (Å²) in [5.41, 5.74) is -2.13. The van der Waals surface area contributed by atoms with Gasteiger partial charge in [-0.3, -0.25) is 4.79 Å². The van der Waals surface area contributed by atoms with Crippen LogP contribution in [-0.4, -0.2) is 150 Å². The largest absolute Gasteiger partial charge is 0.481 e. The first-order valence-corrected chi connectivity index (χ1v) is 21.0. The van der Waals surface area contributed by atoms with Crippen LogP contribution in [0.15, 0.2) is 11.6 Å². The molecule has 0 bridgehead atoms. The number of aliphatic hydroxyl groups excluding tert-OH is 8. The quantitative estimate of drug-likeness (QED) is 0.120. The summed E-state index contributed by atoms with van der Waals surface area (Å²) >= 11 is 0. The van der Waals surface area contributed by atoms with Crippen LogP contribution < -0.4 is 0 Å². The number of hydrogen-bond acceptors (Lipinski definition) is 14. The first kappa shape index (κ1) is 44.3. The minimum Gasteiger partial charge on any atom is -0.481 e. The van der Waals surface area contributed by atoms with Crippen LogP contribution in [0, 0.1) is 50.2 Å². The molecule has 7 rings (SSSR count). The van der Waals surface area contributed by atoms with Gasteiger partial charge in [0.2, 0.25) is 0 Å². The summed E-state index contributed by atoms with van der Waals surface area (Å²) in [5, 5.41) is 105. The van der Waals surface area contributed by atoms with Gasteiger partial charge in [-0.15, -0.1) is 0 Å². The molecule has 6 fully saturated rings. The number of fused-ring (bicyclic) bond motifs is 7. The van der Waals surface area contributed by atoms with Gasteiger partial charge in [0.25, 0.3) is 0 Å². The molecule has 330 valence electrons. The Morgan fingerprint density at radius 2 is 1.40 bits per heavy atom. The maximum Gasteiger partial charge on any atom is 0.335 e. The summed E-state index contributed by atoms with van der Waals surface area (Å²) in [6.45, 7) is 12.4. The molecule has 58 heavy (non-hydrogen) atoms. The number of carbonyl (C=O) groups is 2. The molecular formula is C42H66O16. The van der Waals surface area contributed by atoms with E-state index in [0.29, 0.717) is 44.9 Å². The van der Waals surface area contributed by atoms with Gasteiger partial charge in [-0.25, -0.2) is 4.79 Å². The number of carboxylic acid groups (broad SMARTS) is 2. The second-order valence-corrected chi connectivity index (χ2v) is 20.7. The van der Waals surface area contributed by atoms with Crippen molar-refractivity contribution < 1.29 is 79.6 Å². The summed E-state index contributed by atoms with van der Waals surface area (Å²) < 4.78 is 23.4. The zero-order valence-corrected chi connectivity index (χ0v) is 34.4. The molecule has 2 aliphatic heterocycles. The van der Waals surface area contributed by atoms with Crippen molar-refractivity contribution in [2.45, 2.75) is 173 Å². The van der Waals surface area contributed by atoms with Gasteiger partial charge in [0.05, 0.1) is 30.8 Å². The van der Waals surface area contributed by atoms with Gasteiger partial charge in [0.1, 0.15) is 42.7 Å². The van der Waals surface area contributed by atoms with Crippen molar-refractivity contribution in [1.82, 2.24) is 0 Å². The minimum absolute atomic E-state index is 0.00998. The molecule has 2 heterocycles. The van der Waals surface area contributed by atoms with Crippen molar-refractivity contribution in [3.63, 3.8) is 0 Å². The Morgan fingerprint density at radius 3 is 2.03 bits per heavy atom. The average molecular weight is 827 g/mol. The normalized spacial score (nSPS) is 53.9. The Morgan fingerprint density at radius 1 is 0.759 bits per heavy atom. The highest BCUT2D eigenvalue weighted by atomic mass is 16.7. The van der Waals surface area contributed by atoms with Gasteiger partial charge >= 0.3 is 11.9 Å². The van der Waals surface area contributed by atoms with Gasteiger partial charge in [-0.05, 0) is 103 Å². The maximum atomic E-state index is 13.4. The number of rotatable bonds is 8. The van der Waals surface area contributed by atoms with Gasteiger partial charge < -0.3 is 70.0 Å². The standard InChI is InChI=1S/C42H66O16/c1-37(2)23-9-10-41(6)24(39(23,4)16-21(44)32(37)58-35-30(50)27(47)28(48)31(57-35)33(51)52)8-7-19-20-15-38(3,11-13-42(20,36(53)54)14-12-40(19,41)5)18-55-34-29(49)26(46)25(45)22(17-43)56-34/h7,20-32,34-35,43-50H,8-18H2,1-6H3,(H,51,52)(H,53,54). The smallest absolute Gasteiger partial charge is 0.335 e. The summed E-state index contributed by atoms with van der Waals surface area (Å²) in [7, 11) is 0. The predicted molar refractivity (Wildman–Crippen MR) is 201 cm³/mol. The lowest BCUT2D eigenvalue weighted by Crippen LogP contribution is -2.68. The third-order valence-electron chi connectivity index (χ3n) is 17.4. The zero-order valence-electron chi connectivity index (χ0n) is 34.4. The number of hydrogen-bond donors (Lipinski definition) is 10. The van der Waals surface area contributed by atoms with Crippen LogP contribution in [0.5, 0.6) is 0 Å². The fourth-order valence-corrected chi connectivity index (χ4v) is 13.8. The van der Waals surface area contributed by atoms with E-state index in [-0.39, 0.29) is 35.2 Å². The van der Waals surface area contributed by atoms with Crippen LogP contribution in [0.1, 0.15) is 99.3 Å². The maximum absolute atomic E-state index is 13.4. The van der Waals surface area contributed by atoms with Gasteiger partial charge in [0, 0.05) is 0 Å². The van der Waals surface area contributed by atoms with Crippen molar-refractivity contribution in [2.75, 3.05) is 13.2 Å². The number of ether oxygens (including phenoxy) is 4. The fourth-order valence-electron chi connectivity index (χ4n) is 13.8. The van der Waals surface area contributed by atoms with Gasteiger partial charge in [-0.2, -0.15) is 0 Å². The summed E-state index contributed by atoms with van der Waals surface area (Å²) in [6.07, 6.45) is -10.3. The molecule has 0 radical (unpaired) electrons. The SMILES string of the molecule is CC1(COC2OC(CO)C(O)C(O)C2O)CCC2(C(=O)O)CCC3(C)C(=CCC4C5(C)CC(O)C(OC6OC(C(=O)O)C(O)C(O)C6O)C(C)(C)C5CCC43C)C2C1. The molecule has 4 saturated carbocycles. The fraction of sp³-hybridized carbons (Fsp3) is 0.905. The highest BCUT2D eigenvalue weighted by Crippen LogP contribution is 2.76. The Hall–Kier alpha value is -1.80. The zero-order chi connectivity index (χ0) is 42.7. The molecule has 0 aromatic heterocycles. The third kappa shape index (κ3) is 6.45. The van der Waals surface area contributed by atoms with E-state index >= 15 is 0 Å². The second-order valence-electron chi connectivity index (χ2n) is 20.7. The van der Waals surface area contributed by atoms with E-state index in [0.717, 1.165) is 18.4 Å². The first-order valence-electron chi connectivity index (χ1n) is 21.0. The lowest BCUT2D eigenvalue weighted by molar-refractivity contribution is -0.336. The number of carboxylic acids is 2. The molecule has 0 amide bonds. The van der Waals surface area contributed by atoms with E-state index in [9.17, 15) is 60.7 Å². The molecule has 16 heteroatoms. The van der Waals surface area contributed by atoms with E-state index in [1.54, 1.807) is 0 Å². The number of aliphatic carboxylic acids is 2. The molecule has 0 spiro atoms. The predicted octanol–water partition coefficient (Wildman–Crippen LogP) is 0.918. The summed E-state index contributed by atoms with van der Waals surface area (Å²) in [6, 6.07) is 0. The molecular weight excluding hydrogens is 760 g/mol. The molecule has 20 atom stereocenters. The van der Waals surface area contributed by atoms with Crippen LogP contribution in [-0.2, 0) is 28.5 Å². The molecule has 0 aromatic rings. The van der Waals surface area contributed by atoms with Crippen molar-refractivity contribution in [3.05, 3.63) is 11.6 Å². The molecule has 10 N–H and O–H groups in total. The lowest BCUT2D eigenvalue weighted by atomic mass is 9.33. The van der Waals surface area contributed by atoms with Crippen molar-refractivity contribution >= 4 is 11.9 Å². The molecule has 16 nitrogen and oxygen atoms in total. The highest BCUT2D eigenvalue weighted by Gasteiger charge is 2.71. The van der Waals surface area contributed by atoms with Crippen LogP contribution in [0.4, 0.5) is 0 Å². The Labute approximate surface area is 339 Å². The number of allylic oxidation sites excluding steroid dienone is 2. The Bertz CT molecular complexity index is 1620. The van der Waals surface area contributed by atoms with Crippen LogP contribution in [0.25, 0.3) is 0 Å². The first-order chi connectivity index (χ1) is 26.9. The summed E-state index contributed by atoms with van der Waals surface area (Å²) in [4.78, 5) is 25.2. The minimum atomic E-state index is -1.87. The van der Waals surface area contributed by atoms with E-state index in [1.807, 2.05) is 20.8 Å². The van der Waals surface area contributed by atoms with Crippen molar-refractivity contribution in [3.8, 4) is 0 Å². The lowest BCUT2D eigenvalue weighted by Gasteiger charge is -2.71. The van der Waals surface area contributed by atoms with Crippen LogP contribution in [0.3, 0.4) is 0 Å². The molecule has 2 saturated heterocycles. The third-order valence-corrected chi connectivity index (χ3v) is 17.4. The van der Waals surface area contributed by atoms with E-state index in [4.69, 9.17) is 18.9 Å². The van der Waals surface area contributed by atoms with Crippen molar-refractivity contribution in [2.24, 2.45) is 50.2 Å².